The molecular formula is C7H13NO5S. The monoisotopic (exact) mass is 223 g/mol. The molecule has 1 fully saturated rings. The smallest absolute Gasteiger partial charge is 0.327 e. The van der Waals surface area contributed by atoms with Crippen LogP contribution >= 0.6 is 0 Å². The van der Waals surface area contributed by atoms with E-state index in [0.717, 1.165) is 6.92 Å². The van der Waals surface area contributed by atoms with E-state index in [4.69, 9.17) is 9.66 Å². The van der Waals surface area contributed by atoms with Gasteiger partial charge in [0.05, 0.1) is 0 Å². The van der Waals surface area contributed by atoms with Crippen molar-refractivity contribution in [3.05, 3.63) is 0 Å². The second kappa shape index (κ2) is 3.48. The molecule has 0 aliphatic carbocycles. The predicted octanol–water partition coefficient (Wildman–Crippen LogP) is -0.673. The Bertz CT molecular complexity index is 332. The highest BCUT2D eigenvalue weighted by Gasteiger charge is 2.53. The maximum absolute atomic E-state index is 11.0. The summed E-state index contributed by atoms with van der Waals surface area (Å²) in [6, 6.07) is 0. The minimum absolute atomic E-state index is 0.294. The zero-order valence-corrected chi connectivity index (χ0v) is 8.54. The molecule has 1 saturated heterocycles. The Morgan fingerprint density at radius 3 is 2.43 bits per heavy atom. The molecule has 7 heteroatoms. The Hall–Kier alpha value is -0.660. The van der Waals surface area contributed by atoms with Crippen LogP contribution in [0.15, 0.2) is 0 Å². The summed E-state index contributed by atoms with van der Waals surface area (Å²) in [4.78, 5) is 10.9. The Labute approximate surface area is 82.1 Å². The van der Waals surface area contributed by atoms with Crippen molar-refractivity contribution in [2.75, 3.05) is 13.1 Å². The van der Waals surface area contributed by atoms with Gasteiger partial charge in [0.15, 0.2) is 4.75 Å². The molecule has 1 aliphatic heterocycles. The van der Waals surface area contributed by atoms with Gasteiger partial charge < -0.3 is 10.4 Å². The minimum Gasteiger partial charge on any atom is -0.480 e. The van der Waals surface area contributed by atoms with Gasteiger partial charge in [0, 0.05) is 12.5 Å². The maximum Gasteiger partial charge on any atom is 0.327 e. The van der Waals surface area contributed by atoms with Gasteiger partial charge in [0.25, 0.3) is 10.1 Å². The van der Waals surface area contributed by atoms with E-state index < -0.39 is 26.8 Å². The van der Waals surface area contributed by atoms with Crippen LogP contribution in [-0.2, 0) is 14.9 Å². The van der Waals surface area contributed by atoms with E-state index in [1.807, 2.05) is 0 Å². The fourth-order valence-corrected chi connectivity index (χ4v) is 2.46. The molecule has 6 nitrogen and oxygen atoms in total. The van der Waals surface area contributed by atoms with Crippen LogP contribution in [0.2, 0.25) is 0 Å². The van der Waals surface area contributed by atoms with Crippen LogP contribution in [0.1, 0.15) is 13.3 Å². The molecular weight excluding hydrogens is 210 g/mol. The fraction of sp³-hybridized carbons (Fsp3) is 0.857. The Morgan fingerprint density at radius 1 is 1.57 bits per heavy atom. The van der Waals surface area contributed by atoms with Crippen molar-refractivity contribution in [2.24, 2.45) is 5.92 Å². The van der Waals surface area contributed by atoms with E-state index in [1.54, 1.807) is 0 Å². The number of aliphatic carboxylic acids is 1. The van der Waals surface area contributed by atoms with E-state index >= 15 is 0 Å². The van der Waals surface area contributed by atoms with Gasteiger partial charge in [0.2, 0.25) is 0 Å². The van der Waals surface area contributed by atoms with Crippen LogP contribution in [0, 0.1) is 5.92 Å². The molecule has 0 aromatic carbocycles. The standard InChI is InChI=1S/C7H13NO5S/c1-7(6(9)10,14(11,12)13)5-2-3-8-4-5/h5,8H,2-4H2,1H3,(H,9,10)(H,11,12,13). The molecule has 0 bridgehead atoms. The van der Waals surface area contributed by atoms with Crippen LogP contribution in [-0.4, -0.2) is 41.9 Å². The molecule has 2 atom stereocenters. The van der Waals surface area contributed by atoms with Gasteiger partial charge in [-0.15, -0.1) is 0 Å². The molecule has 0 aromatic heterocycles. The summed E-state index contributed by atoms with van der Waals surface area (Å²) in [6.45, 7) is 1.91. The minimum atomic E-state index is -4.59. The summed E-state index contributed by atoms with van der Waals surface area (Å²) >= 11 is 0. The summed E-state index contributed by atoms with van der Waals surface area (Å²) < 4.78 is 28.9. The average Bonchev–Trinajstić information content (AvgIpc) is 2.52. The largest absolute Gasteiger partial charge is 0.480 e. The highest BCUT2D eigenvalue weighted by atomic mass is 32.2. The number of rotatable bonds is 3. The van der Waals surface area contributed by atoms with Gasteiger partial charge in [-0.3, -0.25) is 9.35 Å². The van der Waals surface area contributed by atoms with Crippen molar-refractivity contribution in [3.63, 3.8) is 0 Å². The van der Waals surface area contributed by atoms with Crippen LogP contribution < -0.4 is 5.32 Å². The number of carboxylic acids is 1. The molecule has 0 saturated carbocycles. The Balaban J connectivity index is 3.10. The molecule has 0 spiro atoms. The lowest BCUT2D eigenvalue weighted by Crippen LogP contribution is -2.50. The van der Waals surface area contributed by atoms with Gasteiger partial charge in [-0.2, -0.15) is 8.42 Å². The van der Waals surface area contributed by atoms with Gasteiger partial charge in [-0.1, -0.05) is 0 Å². The first kappa shape index (κ1) is 11.4. The summed E-state index contributed by atoms with van der Waals surface area (Å²) in [6.07, 6.45) is 0.433. The van der Waals surface area contributed by atoms with Crippen molar-refractivity contribution < 1.29 is 22.9 Å². The predicted molar refractivity (Wildman–Crippen MR) is 48.6 cm³/mol. The van der Waals surface area contributed by atoms with E-state index in [2.05, 4.69) is 5.32 Å². The van der Waals surface area contributed by atoms with Crippen LogP contribution in [0.5, 0.6) is 0 Å². The summed E-state index contributed by atoms with van der Waals surface area (Å²) in [5, 5.41) is 11.7. The number of hydrogen-bond donors (Lipinski definition) is 3. The SMILES string of the molecule is CC(C(=O)O)(C1CCNC1)S(=O)(=O)O. The Morgan fingerprint density at radius 2 is 2.14 bits per heavy atom. The molecule has 82 valence electrons. The zero-order valence-electron chi connectivity index (χ0n) is 7.73. The second-order valence-corrected chi connectivity index (χ2v) is 5.38. The van der Waals surface area contributed by atoms with Crippen molar-refractivity contribution in [1.29, 1.82) is 0 Å². The van der Waals surface area contributed by atoms with Crippen molar-refractivity contribution in [2.45, 2.75) is 18.1 Å². The van der Waals surface area contributed by atoms with Crippen molar-refractivity contribution in [3.8, 4) is 0 Å². The normalized spacial score (nSPS) is 27.1. The van der Waals surface area contributed by atoms with Crippen LogP contribution in [0.4, 0.5) is 0 Å². The first-order valence-corrected chi connectivity index (χ1v) is 5.65. The number of carbonyl (C=O) groups is 1. The molecule has 3 N–H and O–H groups in total. The van der Waals surface area contributed by atoms with Crippen molar-refractivity contribution >= 4 is 16.1 Å². The van der Waals surface area contributed by atoms with E-state index in [9.17, 15) is 13.2 Å². The lowest BCUT2D eigenvalue weighted by atomic mass is 9.92. The first-order valence-electron chi connectivity index (χ1n) is 4.21. The molecule has 1 heterocycles. The average molecular weight is 223 g/mol. The number of nitrogens with one attached hydrogen (secondary N) is 1. The summed E-state index contributed by atoms with van der Waals surface area (Å²) in [5.74, 6) is -2.09. The second-order valence-electron chi connectivity index (χ2n) is 3.58. The number of carboxylic acid groups (broad SMARTS) is 1. The van der Waals surface area contributed by atoms with Crippen molar-refractivity contribution in [1.82, 2.24) is 5.32 Å². The quantitative estimate of drug-likeness (QED) is 0.548. The lowest BCUT2D eigenvalue weighted by molar-refractivity contribution is -0.141. The molecule has 14 heavy (non-hydrogen) atoms. The zero-order chi connectivity index (χ0) is 11.0. The molecule has 1 rings (SSSR count). The summed E-state index contributed by atoms with van der Waals surface area (Å²) in [5.41, 5.74) is 0. The highest BCUT2D eigenvalue weighted by molar-refractivity contribution is 7.88. The maximum atomic E-state index is 11.0. The number of hydrogen-bond acceptors (Lipinski definition) is 4. The third-order valence-electron chi connectivity index (χ3n) is 2.80. The lowest BCUT2D eigenvalue weighted by Gasteiger charge is -2.26. The Kier molecular flexibility index (Phi) is 2.84. The van der Waals surface area contributed by atoms with Crippen LogP contribution in [0.25, 0.3) is 0 Å². The molecule has 0 aromatic rings. The van der Waals surface area contributed by atoms with Crippen LogP contribution in [0.3, 0.4) is 0 Å². The first-order chi connectivity index (χ1) is 6.30. The third-order valence-corrected chi connectivity index (χ3v) is 4.38. The van der Waals surface area contributed by atoms with Gasteiger partial charge in [0.1, 0.15) is 0 Å². The molecule has 0 radical (unpaired) electrons. The molecule has 0 amide bonds. The molecule has 2 unspecified atom stereocenters. The van der Waals surface area contributed by atoms with Gasteiger partial charge in [-0.25, -0.2) is 0 Å². The van der Waals surface area contributed by atoms with Gasteiger partial charge in [-0.05, 0) is 19.9 Å². The van der Waals surface area contributed by atoms with E-state index in [0.29, 0.717) is 19.5 Å². The molecule has 1 aliphatic rings. The summed E-state index contributed by atoms with van der Waals surface area (Å²) in [7, 11) is -4.59. The topological polar surface area (TPSA) is 104 Å². The van der Waals surface area contributed by atoms with E-state index in [1.165, 1.54) is 0 Å². The highest BCUT2D eigenvalue weighted by Crippen LogP contribution is 2.30. The third kappa shape index (κ3) is 1.62. The van der Waals surface area contributed by atoms with E-state index in [-0.39, 0.29) is 0 Å². The fourth-order valence-electron chi connectivity index (χ4n) is 1.62. The van der Waals surface area contributed by atoms with Gasteiger partial charge >= 0.3 is 5.97 Å².